The Hall–Kier alpha value is -3.15. The van der Waals surface area contributed by atoms with Crippen LogP contribution >= 0.6 is 0 Å². The number of benzene rings is 2. The minimum absolute atomic E-state index is 0.0444. The fourth-order valence-corrected chi connectivity index (χ4v) is 3.17. The van der Waals surface area contributed by atoms with Crippen LogP contribution in [0.5, 0.6) is 0 Å². The predicted molar refractivity (Wildman–Crippen MR) is 96.6 cm³/mol. The second-order valence-electron chi connectivity index (χ2n) is 6.19. The average Bonchev–Trinajstić information content (AvgIpc) is 3.10. The highest BCUT2D eigenvalue weighted by Gasteiger charge is 2.26. The zero-order valence-electron chi connectivity index (χ0n) is 13.6. The van der Waals surface area contributed by atoms with Gasteiger partial charge in [0.1, 0.15) is 0 Å². The monoisotopic (exact) mass is 334 g/mol. The van der Waals surface area contributed by atoms with Gasteiger partial charge in [0.15, 0.2) is 0 Å². The Kier molecular flexibility index (Phi) is 3.93. The third-order valence-corrected chi connectivity index (χ3v) is 4.49. The zero-order chi connectivity index (χ0) is 17.2. The molecule has 3 aromatic rings. The summed E-state index contributed by atoms with van der Waals surface area (Å²) in [6, 6.07) is 16.4. The van der Waals surface area contributed by atoms with Crippen molar-refractivity contribution in [1.82, 2.24) is 14.9 Å². The van der Waals surface area contributed by atoms with Gasteiger partial charge in [0.25, 0.3) is 0 Å². The SMILES string of the molecule is O=C(O)N1CC[C@H](Nc2nccc(-c3ccc4ccccc4c3)n2)C1. The molecule has 0 saturated carbocycles. The molecule has 0 aliphatic carbocycles. The van der Waals surface area contributed by atoms with Gasteiger partial charge in [-0.3, -0.25) is 0 Å². The molecule has 126 valence electrons. The number of fused-ring (bicyclic) bond motifs is 1. The first-order chi connectivity index (χ1) is 12.2. The van der Waals surface area contributed by atoms with E-state index in [4.69, 9.17) is 5.11 Å². The summed E-state index contributed by atoms with van der Waals surface area (Å²) in [5.41, 5.74) is 1.87. The molecule has 0 radical (unpaired) electrons. The molecule has 1 aliphatic heterocycles. The zero-order valence-corrected chi connectivity index (χ0v) is 13.6. The molecular weight excluding hydrogens is 316 g/mol. The minimum Gasteiger partial charge on any atom is -0.465 e. The van der Waals surface area contributed by atoms with Crippen molar-refractivity contribution in [3.8, 4) is 11.3 Å². The smallest absolute Gasteiger partial charge is 0.407 e. The number of likely N-dealkylation sites (tertiary alicyclic amines) is 1. The molecule has 1 atom stereocenters. The van der Waals surface area contributed by atoms with Gasteiger partial charge in [-0.05, 0) is 29.3 Å². The Morgan fingerprint density at radius 2 is 2.00 bits per heavy atom. The average molecular weight is 334 g/mol. The summed E-state index contributed by atoms with van der Waals surface area (Å²) in [7, 11) is 0. The maximum Gasteiger partial charge on any atom is 0.407 e. The summed E-state index contributed by atoms with van der Waals surface area (Å²) in [4.78, 5) is 21.3. The van der Waals surface area contributed by atoms with E-state index in [-0.39, 0.29) is 6.04 Å². The number of hydrogen-bond acceptors (Lipinski definition) is 4. The van der Waals surface area contributed by atoms with Crippen molar-refractivity contribution in [1.29, 1.82) is 0 Å². The van der Waals surface area contributed by atoms with E-state index in [1.165, 1.54) is 15.7 Å². The molecular formula is C19H18N4O2. The second kappa shape index (κ2) is 6.39. The number of anilines is 1. The van der Waals surface area contributed by atoms with Crippen LogP contribution in [0.25, 0.3) is 22.0 Å². The molecule has 2 heterocycles. The highest BCUT2D eigenvalue weighted by Crippen LogP contribution is 2.24. The molecule has 0 unspecified atom stereocenters. The van der Waals surface area contributed by atoms with Crippen LogP contribution < -0.4 is 5.32 Å². The van der Waals surface area contributed by atoms with Gasteiger partial charge < -0.3 is 15.3 Å². The summed E-state index contributed by atoms with van der Waals surface area (Å²) in [6.45, 7) is 0.996. The van der Waals surface area contributed by atoms with E-state index in [0.29, 0.717) is 19.0 Å². The van der Waals surface area contributed by atoms with Crippen LogP contribution in [-0.2, 0) is 0 Å². The summed E-state index contributed by atoms with van der Waals surface area (Å²) in [6.07, 6.45) is 1.61. The second-order valence-corrected chi connectivity index (χ2v) is 6.19. The lowest BCUT2D eigenvalue weighted by molar-refractivity contribution is 0.155. The van der Waals surface area contributed by atoms with E-state index in [9.17, 15) is 4.79 Å². The molecule has 6 heteroatoms. The Labute approximate surface area is 145 Å². The standard InChI is InChI=1S/C19H18N4O2/c24-19(25)23-10-8-16(12-23)21-18-20-9-7-17(22-18)15-6-5-13-3-1-2-4-14(13)11-15/h1-7,9,11,16H,8,10,12H2,(H,24,25)(H,20,21,22)/t16-/m0/s1. The van der Waals surface area contributed by atoms with Crippen molar-refractivity contribution in [2.45, 2.75) is 12.5 Å². The van der Waals surface area contributed by atoms with E-state index in [0.717, 1.165) is 17.7 Å². The molecule has 1 fully saturated rings. The van der Waals surface area contributed by atoms with Crippen molar-refractivity contribution in [3.05, 3.63) is 54.7 Å². The van der Waals surface area contributed by atoms with Gasteiger partial charge in [-0.15, -0.1) is 0 Å². The Morgan fingerprint density at radius 3 is 2.80 bits per heavy atom. The van der Waals surface area contributed by atoms with Crippen LogP contribution in [0.2, 0.25) is 0 Å². The van der Waals surface area contributed by atoms with Gasteiger partial charge in [0.05, 0.1) is 5.69 Å². The minimum atomic E-state index is -0.880. The van der Waals surface area contributed by atoms with Gasteiger partial charge in [-0.25, -0.2) is 14.8 Å². The Balaban J connectivity index is 1.55. The molecule has 0 spiro atoms. The molecule has 4 rings (SSSR count). The van der Waals surface area contributed by atoms with E-state index < -0.39 is 6.09 Å². The quantitative estimate of drug-likeness (QED) is 0.767. The van der Waals surface area contributed by atoms with E-state index in [1.807, 2.05) is 18.2 Å². The van der Waals surface area contributed by atoms with Crippen LogP contribution in [0.4, 0.5) is 10.7 Å². The number of rotatable bonds is 3. The van der Waals surface area contributed by atoms with Crippen molar-refractivity contribution in [3.63, 3.8) is 0 Å². The predicted octanol–water partition coefficient (Wildman–Crippen LogP) is 3.46. The summed E-state index contributed by atoms with van der Waals surface area (Å²) in [5.74, 6) is 0.530. The van der Waals surface area contributed by atoms with Crippen molar-refractivity contribution >= 4 is 22.8 Å². The van der Waals surface area contributed by atoms with Gasteiger partial charge in [0, 0.05) is 30.9 Å². The number of nitrogens with zero attached hydrogens (tertiary/aromatic N) is 3. The molecule has 1 saturated heterocycles. The molecule has 1 amide bonds. The molecule has 1 aliphatic rings. The van der Waals surface area contributed by atoms with Crippen LogP contribution in [0, 0.1) is 0 Å². The molecule has 2 aromatic carbocycles. The van der Waals surface area contributed by atoms with Gasteiger partial charge in [-0.1, -0.05) is 36.4 Å². The lowest BCUT2D eigenvalue weighted by Crippen LogP contribution is -2.30. The van der Waals surface area contributed by atoms with E-state index in [2.05, 4.69) is 45.6 Å². The summed E-state index contributed by atoms with van der Waals surface area (Å²) < 4.78 is 0. The number of nitrogens with one attached hydrogen (secondary N) is 1. The number of carbonyl (C=O) groups is 1. The third kappa shape index (κ3) is 3.24. The van der Waals surface area contributed by atoms with E-state index in [1.54, 1.807) is 6.20 Å². The van der Waals surface area contributed by atoms with E-state index >= 15 is 0 Å². The lowest BCUT2D eigenvalue weighted by Gasteiger charge is -2.14. The van der Waals surface area contributed by atoms with Crippen molar-refractivity contribution < 1.29 is 9.90 Å². The summed E-state index contributed by atoms with van der Waals surface area (Å²) in [5, 5.41) is 14.6. The molecule has 25 heavy (non-hydrogen) atoms. The number of aromatic nitrogens is 2. The van der Waals surface area contributed by atoms with Gasteiger partial charge >= 0.3 is 6.09 Å². The van der Waals surface area contributed by atoms with Crippen molar-refractivity contribution in [2.24, 2.45) is 0 Å². The number of hydrogen-bond donors (Lipinski definition) is 2. The molecule has 6 nitrogen and oxygen atoms in total. The van der Waals surface area contributed by atoms with Gasteiger partial charge in [0.2, 0.25) is 5.95 Å². The number of amides is 1. The highest BCUT2D eigenvalue weighted by molar-refractivity contribution is 5.86. The maximum atomic E-state index is 11.0. The lowest BCUT2D eigenvalue weighted by atomic mass is 10.1. The van der Waals surface area contributed by atoms with Crippen LogP contribution in [0.3, 0.4) is 0 Å². The third-order valence-electron chi connectivity index (χ3n) is 4.49. The first kappa shape index (κ1) is 15.4. The fraction of sp³-hybridized carbons (Fsp3) is 0.211. The normalized spacial score (nSPS) is 17.0. The van der Waals surface area contributed by atoms with Crippen LogP contribution in [0.15, 0.2) is 54.7 Å². The molecule has 0 bridgehead atoms. The first-order valence-corrected chi connectivity index (χ1v) is 8.26. The summed E-state index contributed by atoms with van der Waals surface area (Å²) >= 11 is 0. The Bertz CT molecular complexity index is 928. The van der Waals surface area contributed by atoms with Crippen LogP contribution in [0.1, 0.15) is 6.42 Å². The van der Waals surface area contributed by atoms with Crippen LogP contribution in [-0.4, -0.2) is 45.2 Å². The topological polar surface area (TPSA) is 78.4 Å². The Morgan fingerprint density at radius 1 is 1.16 bits per heavy atom. The van der Waals surface area contributed by atoms with Crippen molar-refractivity contribution in [2.75, 3.05) is 18.4 Å². The van der Waals surface area contributed by atoms with Gasteiger partial charge in [-0.2, -0.15) is 0 Å². The molecule has 2 N–H and O–H groups in total. The highest BCUT2D eigenvalue weighted by atomic mass is 16.4. The maximum absolute atomic E-state index is 11.0. The molecule has 1 aromatic heterocycles. The fourth-order valence-electron chi connectivity index (χ4n) is 3.17. The largest absolute Gasteiger partial charge is 0.465 e. The first-order valence-electron chi connectivity index (χ1n) is 8.26. The number of carboxylic acid groups (broad SMARTS) is 1.